The van der Waals surface area contributed by atoms with E-state index in [2.05, 4.69) is 5.32 Å². The van der Waals surface area contributed by atoms with Crippen LogP contribution in [0.5, 0.6) is 11.5 Å². The van der Waals surface area contributed by atoms with Crippen molar-refractivity contribution in [2.75, 3.05) is 18.4 Å². The number of benzene rings is 3. The molecule has 0 bridgehead atoms. The van der Waals surface area contributed by atoms with E-state index in [4.69, 9.17) is 21.1 Å². The van der Waals surface area contributed by atoms with Gasteiger partial charge in [-0.15, -0.1) is 0 Å². The van der Waals surface area contributed by atoms with Crippen molar-refractivity contribution < 1.29 is 23.9 Å². The zero-order chi connectivity index (χ0) is 25.5. The van der Waals surface area contributed by atoms with Gasteiger partial charge < -0.3 is 19.7 Å². The molecule has 1 saturated heterocycles. The second kappa shape index (κ2) is 11.7. The van der Waals surface area contributed by atoms with Gasteiger partial charge in [0.05, 0.1) is 5.92 Å². The number of hydrogen-bond acceptors (Lipinski definition) is 5. The van der Waals surface area contributed by atoms with Crippen LogP contribution in [0.4, 0.5) is 5.69 Å². The van der Waals surface area contributed by atoms with Gasteiger partial charge >= 0.3 is 5.97 Å². The van der Waals surface area contributed by atoms with E-state index >= 15 is 0 Å². The van der Waals surface area contributed by atoms with E-state index in [9.17, 15) is 14.4 Å². The van der Waals surface area contributed by atoms with Crippen LogP contribution in [0.3, 0.4) is 0 Å². The molecule has 0 saturated carbocycles. The molecule has 1 heterocycles. The second-order valence-corrected chi connectivity index (χ2v) is 9.02. The predicted octanol–water partition coefficient (Wildman–Crippen LogP) is 5.55. The van der Waals surface area contributed by atoms with Crippen LogP contribution < -0.4 is 10.1 Å². The number of rotatable bonds is 7. The Hall–Kier alpha value is -3.84. The number of ether oxygens (including phenoxy) is 2. The fourth-order valence-electron chi connectivity index (χ4n) is 3.89. The molecule has 0 unspecified atom stereocenters. The van der Waals surface area contributed by atoms with Crippen molar-refractivity contribution in [1.82, 2.24) is 4.90 Å². The average Bonchev–Trinajstić information content (AvgIpc) is 2.90. The molecule has 1 aliphatic rings. The first-order valence-corrected chi connectivity index (χ1v) is 12.2. The molecule has 7 nitrogen and oxygen atoms in total. The SMILES string of the molecule is C[C@H](OC(=O)C1CCN(C(=O)c2ccc(Cl)cc2)CC1)C(=O)Nc1ccc(Oc2ccccc2)cc1. The summed E-state index contributed by atoms with van der Waals surface area (Å²) in [5, 5.41) is 3.32. The van der Waals surface area contributed by atoms with E-state index in [1.54, 1.807) is 60.4 Å². The van der Waals surface area contributed by atoms with Crippen LogP contribution >= 0.6 is 11.6 Å². The van der Waals surface area contributed by atoms with Crippen molar-refractivity contribution in [3.63, 3.8) is 0 Å². The maximum Gasteiger partial charge on any atom is 0.309 e. The van der Waals surface area contributed by atoms with E-state index in [1.807, 2.05) is 30.3 Å². The lowest BCUT2D eigenvalue weighted by molar-refractivity contribution is -0.158. The molecule has 1 N–H and O–H groups in total. The van der Waals surface area contributed by atoms with E-state index in [-0.39, 0.29) is 11.8 Å². The minimum atomic E-state index is -0.952. The number of nitrogens with zero attached hydrogens (tertiary/aromatic N) is 1. The molecule has 4 rings (SSSR count). The molecular weight excluding hydrogens is 480 g/mol. The van der Waals surface area contributed by atoms with Gasteiger partial charge in [-0.05, 0) is 80.4 Å². The number of nitrogens with one attached hydrogen (secondary N) is 1. The summed E-state index contributed by atoms with van der Waals surface area (Å²) in [4.78, 5) is 39.5. The number of hydrogen-bond donors (Lipinski definition) is 1. The maximum atomic E-state index is 12.6. The van der Waals surface area contributed by atoms with Crippen molar-refractivity contribution in [3.05, 3.63) is 89.4 Å². The molecule has 0 aromatic heterocycles. The fourth-order valence-corrected chi connectivity index (χ4v) is 4.02. The lowest BCUT2D eigenvalue weighted by Gasteiger charge is -2.31. The number of anilines is 1. The largest absolute Gasteiger partial charge is 0.457 e. The van der Waals surface area contributed by atoms with E-state index in [0.717, 1.165) is 5.75 Å². The molecule has 3 aromatic carbocycles. The molecule has 1 aliphatic heterocycles. The molecule has 1 fully saturated rings. The molecule has 1 atom stereocenters. The van der Waals surface area contributed by atoms with Crippen LogP contribution in [-0.4, -0.2) is 41.9 Å². The summed E-state index contributed by atoms with van der Waals surface area (Å²) in [5.41, 5.74) is 1.13. The highest BCUT2D eigenvalue weighted by molar-refractivity contribution is 6.30. The predicted molar refractivity (Wildman–Crippen MR) is 137 cm³/mol. The van der Waals surface area contributed by atoms with Crippen molar-refractivity contribution in [2.24, 2.45) is 5.92 Å². The minimum absolute atomic E-state index is 0.0913. The van der Waals surface area contributed by atoms with E-state index in [1.165, 1.54) is 0 Å². The lowest BCUT2D eigenvalue weighted by Crippen LogP contribution is -2.41. The monoisotopic (exact) mass is 506 g/mol. The highest BCUT2D eigenvalue weighted by Gasteiger charge is 2.30. The van der Waals surface area contributed by atoms with Gasteiger partial charge in [0.2, 0.25) is 0 Å². The van der Waals surface area contributed by atoms with Crippen molar-refractivity contribution in [2.45, 2.75) is 25.9 Å². The smallest absolute Gasteiger partial charge is 0.309 e. The van der Waals surface area contributed by atoms with Gasteiger partial charge in [0, 0.05) is 29.4 Å². The van der Waals surface area contributed by atoms with Gasteiger partial charge in [-0.3, -0.25) is 14.4 Å². The standard InChI is InChI=1S/C28H27ClN2O5/c1-19(26(32)30-23-11-13-25(14-12-23)36-24-5-3-2-4-6-24)35-28(34)21-15-17-31(18-16-21)27(33)20-7-9-22(29)10-8-20/h2-14,19,21H,15-18H2,1H3,(H,30,32)/t19-/m0/s1. The summed E-state index contributed by atoms with van der Waals surface area (Å²) >= 11 is 5.89. The summed E-state index contributed by atoms with van der Waals surface area (Å²) in [6.45, 7) is 2.43. The number of carbonyl (C=O) groups excluding carboxylic acids is 3. The van der Waals surface area contributed by atoms with Gasteiger partial charge in [-0.25, -0.2) is 0 Å². The van der Waals surface area contributed by atoms with E-state index < -0.39 is 18.0 Å². The molecule has 3 aromatic rings. The molecule has 0 radical (unpaired) electrons. The van der Waals surface area contributed by atoms with Crippen LogP contribution in [0.15, 0.2) is 78.9 Å². The molecule has 186 valence electrons. The number of para-hydroxylation sites is 1. The Balaban J connectivity index is 1.22. The van der Waals surface area contributed by atoms with Gasteiger partial charge in [-0.2, -0.15) is 0 Å². The Morgan fingerprint density at radius 3 is 2.14 bits per heavy atom. The normalized spacial score (nSPS) is 14.6. The molecular formula is C28H27ClN2O5. The summed E-state index contributed by atoms with van der Waals surface area (Å²) in [7, 11) is 0. The third-order valence-electron chi connectivity index (χ3n) is 5.97. The quantitative estimate of drug-likeness (QED) is 0.424. The van der Waals surface area contributed by atoms with Gasteiger partial charge in [0.15, 0.2) is 6.10 Å². The molecule has 8 heteroatoms. The zero-order valence-corrected chi connectivity index (χ0v) is 20.6. The van der Waals surface area contributed by atoms with Crippen LogP contribution in [0, 0.1) is 5.92 Å². The summed E-state index contributed by atoms with van der Waals surface area (Å²) in [6, 6.07) is 23.1. The molecule has 0 aliphatic carbocycles. The maximum absolute atomic E-state index is 12.6. The second-order valence-electron chi connectivity index (χ2n) is 8.58. The molecule has 36 heavy (non-hydrogen) atoms. The Labute approximate surface area is 215 Å². The number of amides is 2. The zero-order valence-electron chi connectivity index (χ0n) is 19.9. The minimum Gasteiger partial charge on any atom is -0.457 e. The van der Waals surface area contributed by atoms with Gasteiger partial charge in [0.1, 0.15) is 11.5 Å². The van der Waals surface area contributed by atoms with Crippen LogP contribution in [0.2, 0.25) is 5.02 Å². The third-order valence-corrected chi connectivity index (χ3v) is 6.22. The van der Waals surface area contributed by atoms with Gasteiger partial charge in [-0.1, -0.05) is 29.8 Å². The fraction of sp³-hybridized carbons (Fsp3) is 0.250. The Kier molecular flexibility index (Phi) is 8.23. The molecule has 2 amide bonds. The highest BCUT2D eigenvalue weighted by Crippen LogP contribution is 2.24. The van der Waals surface area contributed by atoms with E-state index in [0.29, 0.717) is 48.0 Å². The summed E-state index contributed by atoms with van der Waals surface area (Å²) in [5.74, 6) is 0.0585. The highest BCUT2D eigenvalue weighted by atomic mass is 35.5. The van der Waals surface area contributed by atoms with Crippen LogP contribution in [0.25, 0.3) is 0 Å². The topological polar surface area (TPSA) is 84.9 Å². The van der Waals surface area contributed by atoms with Crippen LogP contribution in [-0.2, 0) is 14.3 Å². The van der Waals surface area contributed by atoms with Crippen molar-refractivity contribution in [1.29, 1.82) is 0 Å². The first-order chi connectivity index (χ1) is 17.4. The first kappa shape index (κ1) is 25.3. The number of likely N-dealkylation sites (tertiary alicyclic amines) is 1. The summed E-state index contributed by atoms with van der Waals surface area (Å²) < 4.78 is 11.2. The first-order valence-electron chi connectivity index (χ1n) is 11.8. The number of piperidine rings is 1. The lowest BCUT2D eigenvalue weighted by atomic mass is 9.96. The Bertz CT molecular complexity index is 1190. The number of halogens is 1. The summed E-state index contributed by atoms with van der Waals surface area (Å²) in [6.07, 6.45) is 0.0107. The van der Waals surface area contributed by atoms with Crippen LogP contribution in [0.1, 0.15) is 30.1 Å². The van der Waals surface area contributed by atoms with Gasteiger partial charge in [0.25, 0.3) is 11.8 Å². The number of carbonyl (C=O) groups is 3. The number of esters is 1. The average molecular weight is 507 g/mol. The third kappa shape index (κ3) is 6.64. The van der Waals surface area contributed by atoms with Crippen molar-refractivity contribution in [3.8, 4) is 11.5 Å². The molecule has 0 spiro atoms. The van der Waals surface area contributed by atoms with Crippen molar-refractivity contribution >= 4 is 35.1 Å². The Morgan fingerprint density at radius 1 is 0.889 bits per heavy atom. The Morgan fingerprint density at radius 2 is 1.50 bits per heavy atom.